The summed E-state index contributed by atoms with van der Waals surface area (Å²) in [6.45, 7) is 0. The molecule has 2 N–H and O–H groups in total. The molecule has 40 valence electrons. The summed E-state index contributed by atoms with van der Waals surface area (Å²) in [5.41, 5.74) is 6.37. The van der Waals surface area contributed by atoms with Gasteiger partial charge in [0.2, 0.25) is 0 Å². The molecule has 2 fully saturated rings. The second kappa shape index (κ2) is 0.873. The quantitative estimate of drug-likeness (QED) is 0.477. The number of nitrogens with two attached hydrogens (primary N) is 1. The number of hydrogen-bond donors (Lipinski definition) is 1. The molecule has 7 heavy (non-hydrogen) atoms. The molecule has 2 rings (SSSR count). The second-order valence-electron chi connectivity index (χ2n) is 3.03. The first-order chi connectivity index (χ1) is 3.33. The molecule has 0 aromatic heterocycles. The van der Waals surface area contributed by atoms with Crippen molar-refractivity contribution in [3.05, 3.63) is 0 Å². The zero-order chi connectivity index (χ0) is 4.91. The molecule has 0 radical (unpaired) electrons. The fourth-order valence-electron chi connectivity index (χ4n) is 1.58. The molecule has 0 aromatic carbocycles. The molecule has 2 saturated carbocycles. The average Bonchev–Trinajstić information content (AvgIpc) is 2.10. The van der Waals surface area contributed by atoms with E-state index in [0.717, 1.165) is 0 Å². The Labute approximate surface area is 43.9 Å². The molecule has 1 heteroatoms. The smallest absolute Gasteiger partial charge is 0.0102 e. The van der Waals surface area contributed by atoms with Crippen molar-refractivity contribution in [3.8, 4) is 0 Å². The molecular weight excluding hydrogens is 86.1 g/mol. The Balaban J connectivity index is 2.05. The van der Waals surface area contributed by atoms with Crippen LogP contribution in [0.25, 0.3) is 0 Å². The Morgan fingerprint density at radius 2 is 2.00 bits per heavy atom. The van der Waals surface area contributed by atoms with Crippen LogP contribution < -0.4 is 5.73 Å². The first kappa shape index (κ1) is 3.90. The van der Waals surface area contributed by atoms with Gasteiger partial charge in [-0.3, -0.25) is 0 Å². The van der Waals surface area contributed by atoms with Gasteiger partial charge in [-0.15, -0.1) is 0 Å². The van der Waals surface area contributed by atoms with Crippen molar-refractivity contribution < 1.29 is 0 Å². The average molecular weight is 97.2 g/mol. The van der Waals surface area contributed by atoms with E-state index < -0.39 is 0 Å². The molecule has 0 bridgehead atoms. The predicted octanol–water partition coefficient (Wildman–Crippen LogP) is 0.888. The van der Waals surface area contributed by atoms with Crippen LogP contribution in [-0.4, -0.2) is 6.04 Å². The lowest BCUT2D eigenvalue weighted by molar-refractivity contribution is 0.278. The monoisotopic (exact) mass is 97.1 g/mol. The van der Waals surface area contributed by atoms with Crippen molar-refractivity contribution in [1.29, 1.82) is 0 Å². The first-order valence-corrected chi connectivity index (χ1v) is 3.09. The van der Waals surface area contributed by atoms with E-state index in [0.29, 0.717) is 11.5 Å². The molecule has 1 spiro atoms. The maximum absolute atomic E-state index is 5.66. The fraction of sp³-hybridized carbons (Fsp3) is 1.00. The second-order valence-corrected chi connectivity index (χ2v) is 3.03. The standard InChI is InChI=1S/C6H11N/c7-5-4-6(5)2-1-3-6/h5H,1-4,7H2. The Bertz CT molecular complexity index is 88.8. The van der Waals surface area contributed by atoms with Crippen LogP contribution in [0.1, 0.15) is 25.7 Å². The summed E-state index contributed by atoms with van der Waals surface area (Å²) in [7, 11) is 0. The minimum Gasteiger partial charge on any atom is -0.327 e. The van der Waals surface area contributed by atoms with E-state index >= 15 is 0 Å². The molecule has 0 aromatic rings. The summed E-state index contributed by atoms with van der Waals surface area (Å²) >= 11 is 0. The fourth-order valence-corrected chi connectivity index (χ4v) is 1.58. The van der Waals surface area contributed by atoms with E-state index in [9.17, 15) is 0 Å². The molecule has 0 aliphatic heterocycles. The van der Waals surface area contributed by atoms with Crippen molar-refractivity contribution in [2.24, 2.45) is 11.1 Å². The summed E-state index contributed by atoms with van der Waals surface area (Å²) in [5.74, 6) is 0. The van der Waals surface area contributed by atoms with Gasteiger partial charge in [0.1, 0.15) is 0 Å². The molecule has 1 atom stereocenters. The van der Waals surface area contributed by atoms with Gasteiger partial charge < -0.3 is 5.73 Å². The Morgan fingerprint density at radius 3 is 2.00 bits per heavy atom. The Hall–Kier alpha value is -0.0400. The topological polar surface area (TPSA) is 26.0 Å². The maximum Gasteiger partial charge on any atom is 0.0102 e. The van der Waals surface area contributed by atoms with Gasteiger partial charge in [-0.25, -0.2) is 0 Å². The highest BCUT2D eigenvalue weighted by Crippen LogP contribution is 2.59. The summed E-state index contributed by atoms with van der Waals surface area (Å²) in [6, 6.07) is 0.598. The van der Waals surface area contributed by atoms with Gasteiger partial charge >= 0.3 is 0 Å². The van der Waals surface area contributed by atoms with Crippen LogP contribution in [-0.2, 0) is 0 Å². The van der Waals surface area contributed by atoms with E-state index in [1.54, 1.807) is 0 Å². The summed E-state index contributed by atoms with van der Waals surface area (Å²) in [6.07, 6.45) is 5.61. The zero-order valence-electron chi connectivity index (χ0n) is 4.48. The summed E-state index contributed by atoms with van der Waals surface area (Å²) in [5, 5.41) is 0. The Morgan fingerprint density at radius 1 is 1.43 bits per heavy atom. The maximum atomic E-state index is 5.66. The van der Waals surface area contributed by atoms with Crippen LogP contribution in [0, 0.1) is 5.41 Å². The Kier molecular flexibility index (Phi) is 0.487. The molecule has 2 aliphatic rings. The molecule has 0 amide bonds. The SMILES string of the molecule is NC1CC12CCC2. The van der Waals surface area contributed by atoms with Crippen LogP contribution in [0.15, 0.2) is 0 Å². The zero-order valence-corrected chi connectivity index (χ0v) is 4.48. The van der Waals surface area contributed by atoms with Crippen LogP contribution >= 0.6 is 0 Å². The van der Waals surface area contributed by atoms with E-state index in [-0.39, 0.29) is 0 Å². The van der Waals surface area contributed by atoms with E-state index in [4.69, 9.17) is 5.73 Å². The lowest BCUT2D eigenvalue weighted by Crippen LogP contribution is -2.21. The normalized spacial score (nSPS) is 43.3. The van der Waals surface area contributed by atoms with E-state index in [1.165, 1.54) is 25.7 Å². The highest BCUT2D eigenvalue weighted by Gasteiger charge is 2.55. The lowest BCUT2D eigenvalue weighted by atomic mass is 9.81. The van der Waals surface area contributed by atoms with Gasteiger partial charge in [-0.1, -0.05) is 6.42 Å². The van der Waals surface area contributed by atoms with Crippen LogP contribution in [0.2, 0.25) is 0 Å². The largest absolute Gasteiger partial charge is 0.327 e. The van der Waals surface area contributed by atoms with E-state index in [2.05, 4.69) is 0 Å². The van der Waals surface area contributed by atoms with Gasteiger partial charge in [0.25, 0.3) is 0 Å². The summed E-state index contributed by atoms with van der Waals surface area (Å²) in [4.78, 5) is 0. The van der Waals surface area contributed by atoms with Crippen molar-refractivity contribution >= 4 is 0 Å². The summed E-state index contributed by atoms with van der Waals surface area (Å²) < 4.78 is 0. The van der Waals surface area contributed by atoms with Gasteiger partial charge in [0, 0.05) is 6.04 Å². The third kappa shape index (κ3) is 0.325. The molecule has 1 nitrogen and oxygen atoms in total. The van der Waals surface area contributed by atoms with Gasteiger partial charge in [0.15, 0.2) is 0 Å². The third-order valence-corrected chi connectivity index (χ3v) is 2.60. The van der Waals surface area contributed by atoms with Gasteiger partial charge in [0.05, 0.1) is 0 Å². The van der Waals surface area contributed by atoms with Crippen molar-refractivity contribution in [3.63, 3.8) is 0 Å². The van der Waals surface area contributed by atoms with Crippen molar-refractivity contribution in [2.75, 3.05) is 0 Å². The highest BCUT2D eigenvalue weighted by molar-refractivity contribution is 5.10. The minimum atomic E-state index is 0.598. The van der Waals surface area contributed by atoms with Crippen molar-refractivity contribution in [1.82, 2.24) is 0 Å². The highest BCUT2D eigenvalue weighted by atomic mass is 14.8. The van der Waals surface area contributed by atoms with E-state index in [1.807, 2.05) is 0 Å². The van der Waals surface area contributed by atoms with Crippen LogP contribution in [0.4, 0.5) is 0 Å². The van der Waals surface area contributed by atoms with Gasteiger partial charge in [-0.2, -0.15) is 0 Å². The molecular formula is C6H11N. The first-order valence-electron chi connectivity index (χ1n) is 3.09. The number of hydrogen-bond acceptors (Lipinski definition) is 1. The van der Waals surface area contributed by atoms with Crippen molar-refractivity contribution in [2.45, 2.75) is 31.7 Å². The lowest BCUT2D eigenvalue weighted by Gasteiger charge is -2.25. The van der Waals surface area contributed by atoms with Crippen LogP contribution in [0.5, 0.6) is 0 Å². The predicted molar refractivity (Wildman–Crippen MR) is 28.9 cm³/mol. The van der Waals surface area contributed by atoms with Crippen LogP contribution in [0.3, 0.4) is 0 Å². The van der Waals surface area contributed by atoms with Gasteiger partial charge in [-0.05, 0) is 24.7 Å². The molecule has 0 saturated heterocycles. The molecule has 2 aliphatic carbocycles. The third-order valence-electron chi connectivity index (χ3n) is 2.60. The molecule has 0 heterocycles. The number of rotatable bonds is 0. The minimum absolute atomic E-state index is 0.598. The molecule has 1 unspecified atom stereocenters.